The molecule has 0 heterocycles. The van der Waals surface area contributed by atoms with Crippen molar-refractivity contribution in [3.05, 3.63) is 47.5 Å². The maximum atomic E-state index is 12.8. The second-order valence-corrected chi connectivity index (χ2v) is 7.01. The predicted octanol–water partition coefficient (Wildman–Crippen LogP) is 2.44. The molecule has 2 N–H and O–H groups in total. The summed E-state index contributed by atoms with van der Waals surface area (Å²) < 4.78 is 38.2. The summed E-state index contributed by atoms with van der Waals surface area (Å²) in [5.41, 5.74) is 1.46. The van der Waals surface area contributed by atoms with Crippen LogP contribution in [0.4, 0.5) is 5.69 Å². The van der Waals surface area contributed by atoms with Crippen molar-refractivity contribution in [1.82, 2.24) is 0 Å². The van der Waals surface area contributed by atoms with Crippen molar-refractivity contribution in [2.75, 3.05) is 18.9 Å². The lowest BCUT2D eigenvalue weighted by atomic mass is 10.1. The van der Waals surface area contributed by atoms with Gasteiger partial charge in [0.15, 0.2) is 11.5 Å². The molecule has 0 aliphatic rings. The van der Waals surface area contributed by atoms with E-state index in [0.717, 1.165) is 5.56 Å². The van der Waals surface area contributed by atoms with Crippen LogP contribution in [-0.4, -0.2) is 33.7 Å². The Morgan fingerprint density at radius 2 is 1.64 bits per heavy atom. The van der Waals surface area contributed by atoms with Crippen LogP contribution in [0, 0.1) is 6.92 Å². The first-order chi connectivity index (χ1) is 11.8. The third-order valence-electron chi connectivity index (χ3n) is 3.50. The third-order valence-corrected chi connectivity index (χ3v) is 4.97. The van der Waals surface area contributed by atoms with Crippen molar-refractivity contribution in [3.8, 4) is 11.5 Å². The van der Waals surface area contributed by atoms with E-state index in [9.17, 15) is 13.2 Å². The van der Waals surface area contributed by atoms with E-state index in [2.05, 4.69) is 4.72 Å². The normalized spacial score (nSPS) is 11.0. The number of carboxylic acids is 1. The summed E-state index contributed by atoms with van der Waals surface area (Å²) >= 11 is 0. The van der Waals surface area contributed by atoms with E-state index in [0.29, 0.717) is 5.69 Å². The number of anilines is 1. The van der Waals surface area contributed by atoms with E-state index in [1.807, 2.05) is 6.92 Å². The second-order valence-electron chi connectivity index (χ2n) is 5.36. The Labute approximate surface area is 146 Å². The molecular formula is C17H19NO6S. The first-order valence-electron chi connectivity index (χ1n) is 7.33. The molecule has 0 unspecified atom stereocenters. The molecule has 0 aliphatic carbocycles. The fourth-order valence-corrected chi connectivity index (χ4v) is 3.58. The molecule has 25 heavy (non-hydrogen) atoms. The van der Waals surface area contributed by atoms with Gasteiger partial charge in [-0.15, -0.1) is 0 Å². The Morgan fingerprint density at radius 1 is 1.08 bits per heavy atom. The van der Waals surface area contributed by atoms with E-state index >= 15 is 0 Å². The van der Waals surface area contributed by atoms with E-state index in [-0.39, 0.29) is 22.0 Å². The summed E-state index contributed by atoms with van der Waals surface area (Å²) in [6.45, 7) is 1.89. The topological polar surface area (TPSA) is 102 Å². The zero-order valence-electron chi connectivity index (χ0n) is 14.1. The van der Waals surface area contributed by atoms with Crippen LogP contribution in [-0.2, 0) is 21.2 Å². The molecule has 0 fully saturated rings. The van der Waals surface area contributed by atoms with Crippen LogP contribution in [0.5, 0.6) is 11.5 Å². The van der Waals surface area contributed by atoms with Crippen LogP contribution < -0.4 is 14.2 Å². The number of carboxylic acid groups (broad SMARTS) is 1. The van der Waals surface area contributed by atoms with Gasteiger partial charge in [-0.3, -0.25) is 9.52 Å². The van der Waals surface area contributed by atoms with Crippen LogP contribution in [0.3, 0.4) is 0 Å². The van der Waals surface area contributed by atoms with Crippen molar-refractivity contribution < 1.29 is 27.8 Å². The fourth-order valence-electron chi connectivity index (χ4n) is 2.29. The highest BCUT2D eigenvalue weighted by Gasteiger charge is 2.23. The number of benzene rings is 2. The second kappa shape index (κ2) is 7.43. The number of hydrogen-bond donors (Lipinski definition) is 2. The maximum Gasteiger partial charge on any atom is 0.307 e. The lowest BCUT2D eigenvalue weighted by Crippen LogP contribution is -2.17. The number of carbonyl (C=O) groups is 1. The molecule has 0 amide bonds. The molecule has 0 saturated heterocycles. The summed E-state index contributed by atoms with van der Waals surface area (Å²) in [5.74, 6) is -0.701. The molecule has 0 spiro atoms. The molecule has 134 valence electrons. The predicted molar refractivity (Wildman–Crippen MR) is 92.9 cm³/mol. The molecule has 0 aromatic heterocycles. The minimum absolute atomic E-state index is 0.102. The highest BCUT2D eigenvalue weighted by atomic mass is 32.2. The molecule has 0 bridgehead atoms. The highest BCUT2D eigenvalue weighted by molar-refractivity contribution is 7.92. The maximum absolute atomic E-state index is 12.8. The Kier molecular flexibility index (Phi) is 5.53. The monoisotopic (exact) mass is 365 g/mol. The lowest BCUT2D eigenvalue weighted by Gasteiger charge is -2.15. The van der Waals surface area contributed by atoms with Gasteiger partial charge in [0, 0.05) is 11.8 Å². The number of aryl methyl sites for hydroxylation is 1. The standard InChI is InChI=1S/C17H19NO6S/c1-11-4-6-13(7-5-11)18-25(21,22)16-10-15(24-3)14(23-2)8-12(16)9-17(19)20/h4-8,10,18H,9H2,1-3H3,(H,19,20). The molecule has 2 rings (SSSR count). The number of ether oxygens (including phenoxy) is 2. The zero-order chi connectivity index (χ0) is 18.6. The van der Waals surface area contributed by atoms with Crippen LogP contribution >= 0.6 is 0 Å². The zero-order valence-corrected chi connectivity index (χ0v) is 14.9. The van der Waals surface area contributed by atoms with Gasteiger partial charge in [-0.05, 0) is 30.7 Å². The number of sulfonamides is 1. The largest absolute Gasteiger partial charge is 0.493 e. The van der Waals surface area contributed by atoms with Gasteiger partial charge < -0.3 is 14.6 Å². The summed E-state index contributed by atoms with van der Waals surface area (Å²) in [6.07, 6.45) is -0.468. The average molecular weight is 365 g/mol. The Morgan fingerprint density at radius 3 is 2.16 bits per heavy atom. The summed E-state index contributed by atoms with van der Waals surface area (Å²) in [7, 11) is -1.25. The molecule has 0 radical (unpaired) electrons. The number of aliphatic carboxylic acids is 1. The first kappa shape index (κ1) is 18.6. The van der Waals surface area contributed by atoms with Crippen molar-refractivity contribution in [2.24, 2.45) is 0 Å². The molecule has 0 atom stereocenters. The van der Waals surface area contributed by atoms with Gasteiger partial charge in [0.05, 0.1) is 25.5 Å². The van der Waals surface area contributed by atoms with Crippen LogP contribution in [0.25, 0.3) is 0 Å². The number of nitrogens with one attached hydrogen (secondary N) is 1. The van der Waals surface area contributed by atoms with Crippen molar-refractivity contribution in [3.63, 3.8) is 0 Å². The van der Waals surface area contributed by atoms with E-state index < -0.39 is 22.4 Å². The minimum Gasteiger partial charge on any atom is -0.493 e. The van der Waals surface area contributed by atoms with Gasteiger partial charge in [0.1, 0.15) is 0 Å². The lowest BCUT2D eigenvalue weighted by molar-refractivity contribution is -0.136. The van der Waals surface area contributed by atoms with E-state index in [1.165, 1.54) is 26.4 Å². The number of methoxy groups -OCH3 is 2. The van der Waals surface area contributed by atoms with Gasteiger partial charge in [0.2, 0.25) is 0 Å². The van der Waals surface area contributed by atoms with Crippen LogP contribution in [0.1, 0.15) is 11.1 Å². The van der Waals surface area contributed by atoms with Gasteiger partial charge in [0.25, 0.3) is 10.0 Å². The molecular weight excluding hydrogens is 346 g/mol. The molecule has 0 saturated carbocycles. The van der Waals surface area contributed by atoms with Crippen molar-refractivity contribution in [1.29, 1.82) is 0 Å². The van der Waals surface area contributed by atoms with Gasteiger partial charge in [-0.2, -0.15) is 0 Å². The summed E-state index contributed by atoms with van der Waals surface area (Å²) in [6, 6.07) is 9.41. The first-order valence-corrected chi connectivity index (χ1v) is 8.81. The summed E-state index contributed by atoms with van der Waals surface area (Å²) in [5, 5.41) is 9.08. The Balaban J connectivity index is 2.53. The molecule has 8 heteroatoms. The van der Waals surface area contributed by atoms with E-state index in [1.54, 1.807) is 24.3 Å². The Hall–Kier alpha value is -2.74. The third kappa shape index (κ3) is 4.42. The summed E-state index contributed by atoms with van der Waals surface area (Å²) in [4.78, 5) is 10.9. The van der Waals surface area contributed by atoms with Gasteiger partial charge in [-0.25, -0.2) is 8.42 Å². The molecule has 7 nitrogen and oxygen atoms in total. The quantitative estimate of drug-likeness (QED) is 0.781. The minimum atomic E-state index is -4.01. The van der Waals surface area contributed by atoms with Gasteiger partial charge >= 0.3 is 5.97 Å². The molecule has 0 aliphatic heterocycles. The van der Waals surface area contributed by atoms with Gasteiger partial charge in [-0.1, -0.05) is 17.7 Å². The average Bonchev–Trinajstić information content (AvgIpc) is 2.55. The molecule has 2 aromatic carbocycles. The highest BCUT2D eigenvalue weighted by Crippen LogP contribution is 2.33. The molecule has 2 aromatic rings. The van der Waals surface area contributed by atoms with Crippen LogP contribution in [0.15, 0.2) is 41.3 Å². The van der Waals surface area contributed by atoms with Crippen LogP contribution in [0.2, 0.25) is 0 Å². The smallest absolute Gasteiger partial charge is 0.307 e. The number of rotatable bonds is 7. The number of hydrogen-bond acceptors (Lipinski definition) is 5. The van der Waals surface area contributed by atoms with E-state index in [4.69, 9.17) is 14.6 Å². The Bertz CT molecular complexity index is 875. The van der Waals surface area contributed by atoms with Crippen molar-refractivity contribution >= 4 is 21.7 Å². The van der Waals surface area contributed by atoms with Crippen molar-refractivity contribution in [2.45, 2.75) is 18.2 Å². The fraction of sp³-hybridized carbons (Fsp3) is 0.235. The SMILES string of the molecule is COc1cc(CC(=O)O)c(S(=O)(=O)Nc2ccc(C)cc2)cc1OC.